The lowest BCUT2D eigenvalue weighted by Gasteiger charge is -1.88. The van der Waals surface area contributed by atoms with E-state index >= 15 is 0 Å². The second-order valence-electron chi connectivity index (χ2n) is 0.594. The average molecular weight is 118 g/mol. The Hall–Kier alpha value is 0.354. The molecule has 0 aliphatic rings. The lowest BCUT2D eigenvalue weighted by atomic mass is 11.8. The quantitative estimate of drug-likeness (QED) is 0.379. The van der Waals surface area contributed by atoms with Crippen LogP contribution >= 0.6 is 0 Å². The first-order valence-electron chi connectivity index (χ1n) is 1.52. The first-order valence-corrected chi connectivity index (χ1v) is 3.75. The lowest BCUT2D eigenvalue weighted by molar-refractivity contribution is 0.373. The standard InChI is InChI=1S/C2H6O2Si2/c1-3-6-4-5-2/h1-2H3. The lowest BCUT2D eigenvalue weighted by Crippen LogP contribution is -2.01. The van der Waals surface area contributed by atoms with E-state index in [0.29, 0.717) is 9.76 Å². The Morgan fingerprint density at radius 2 is 2.17 bits per heavy atom. The molecule has 0 bridgehead atoms. The Kier molecular flexibility index (Phi) is 5.67. The van der Waals surface area contributed by atoms with E-state index in [-0.39, 0.29) is 10.0 Å². The van der Waals surface area contributed by atoms with Gasteiger partial charge < -0.3 is 8.54 Å². The molecule has 4 heteroatoms. The number of rotatable bonds is 3. The van der Waals surface area contributed by atoms with Gasteiger partial charge in [-0.2, -0.15) is 0 Å². The largest absolute Gasteiger partial charge is 0.434 e. The molecule has 0 N–H and O–H groups in total. The topological polar surface area (TPSA) is 18.5 Å². The van der Waals surface area contributed by atoms with Crippen LogP contribution in [0.2, 0.25) is 6.55 Å². The summed E-state index contributed by atoms with van der Waals surface area (Å²) in [5.41, 5.74) is 0. The van der Waals surface area contributed by atoms with E-state index in [2.05, 4.69) is 4.43 Å². The molecule has 0 rings (SSSR count). The van der Waals surface area contributed by atoms with E-state index in [1.807, 2.05) is 6.55 Å². The zero-order chi connectivity index (χ0) is 4.83. The molecule has 2 nitrogen and oxygen atoms in total. The van der Waals surface area contributed by atoms with E-state index in [4.69, 9.17) is 4.12 Å². The fraction of sp³-hybridized carbons (Fsp3) is 1.00. The molecule has 0 atom stereocenters. The van der Waals surface area contributed by atoms with Crippen molar-refractivity contribution in [2.75, 3.05) is 7.11 Å². The third-order valence-corrected chi connectivity index (χ3v) is 1.54. The molecule has 0 fully saturated rings. The van der Waals surface area contributed by atoms with Gasteiger partial charge in [0.05, 0.1) is 0 Å². The fourth-order valence-electron chi connectivity index (χ4n) is 0.0833. The molecule has 0 aliphatic heterocycles. The molecule has 34 valence electrons. The van der Waals surface area contributed by atoms with Crippen molar-refractivity contribution >= 4 is 19.8 Å². The fourth-order valence-corrected chi connectivity index (χ4v) is 0.750. The maximum atomic E-state index is 4.82. The summed E-state index contributed by atoms with van der Waals surface area (Å²) >= 11 is 0. The summed E-state index contributed by atoms with van der Waals surface area (Å²) in [5.74, 6) is 0. The predicted octanol–water partition coefficient (Wildman–Crippen LogP) is -0.149. The van der Waals surface area contributed by atoms with Crippen LogP contribution in [0.4, 0.5) is 0 Å². The summed E-state index contributed by atoms with van der Waals surface area (Å²) < 4.78 is 9.41. The molecule has 0 saturated heterocycles. The molecule has 6 heavy (non-hydrogen) atoms. The summed E-state index contributed by atoms with van der Waals surface area (Å²) in [5, 5.41) is 0. The van der Waals surface area contributed by atoms with E-state index in [0.717, 1.165) is 0 Å². The van der Waals surface area contributed by atoms with Crippen LogP contribution in [0.3, 0.4) is 0 Å². The van der Waals surface area contributed by atoms with Crippen LogP contribution in [0.5, 0.6) is 0 Å². The van der Waals surface area contributed by atoms with Gasteiger partial charge in [-0.15, -0.1) is 0 Å². The van der Waals surface area contributed by atoms with Gasteiger partial charge in [0.2, 0.25) is 9.76 Å². The van der Waals surface area contributed by atoms with Crippen molar-refractivity contribution in [1.29, 1.82) is 0 Å². The SMILES string of the molecule is CO[Si]O[Si]C. The van der Waals surface area contributed by atoms with Crippen molar-refractivity contribution in [3.8, 4) is 0 Å². The molecule has 0 aliphatic carbocycles. The highest BCUT2D eigenvalue weighted by Gasteiger charge is 1.81. The van der Waals surface area contributed by atoms with Crippen LogP contribution in [-0.4, -0.2) is 26.9 Å². The van der Waals surface area contributed by atoms with Crippen molar-refractivity contribution in [2.45, 2.75) is 6.55 Å². The highest BCUT2D eigenvalue weighted by atomic mass is 28.3. The monoisotopic (exact) mass is 118 g/mol. The van der Waals surface area contributed by atoms with Crippen molar-refractivity contribution in [2.24, 2.45) is 0 Å². The molecule has 0 spiro atoms. The van der Waals surface area contributed by atoms with Crippen molar-refractivity contribution in [3.63, 3.8) is 0 Å². The van der Waals surface area contributed by atoms with Crippen LogP contribution in [0.15, 0.2) is 0 Å². The Bertz CT molecular complexity index is 21.5. The van der Waals surface area contributed by atoms with E-state index in [1.54, 1.807) is 7.11 Å². The van der Waals surface area contributed by atoms with Crippen LogP contribution < -0.4 is 0 Å². The van der Waals surface area contributed by atoms with Crippen molar-refractivity contribution < 1.29 is 8.54 Å². The predicted molar refractivity (Wildman–Crippen MR) is 25.5 cm³/mol. The molecule has 0 amide bonds. The van der Waals surface area contributed by atoms with Gasteiger partial charge in [-0.05, 0) is 6.55 Å². The van der Waals surface area contributed by atoms with Gasteiger partial charge in [0.1, 0.15) is 0 Å². The van der Waals surface area contributed by atoms with E-state index < -0.39 is 0 Å². The van der Waals surface area contributed by atoms with Gasteiger partial charge >= 0.3 is 10.0 Å². The van der Waals surface area contributed by atoms with Gasteiger partial charge in [-0.3, -0.25) is 0 Å². The summed E-state index contributed by atoms with van der Waals surface area (Å²) in [6.07, 6.45) is 0. The van der Waals surface area contributed by atoms with Gasteiger partial charge in [0, 0.05) is 7.11 Å². The molecular formula is C2H6O2Si2. The Morgan fingerprint density at radius 3 is 2.33 bits per heavy atom. The van der Waals surface area contributed by atoms with Gasteiger partial charge in [-0.25, -0.2) is 0 Å². The minimum Gasteiger partial charge on any atom is -0.434 e. The third-order valence-electron chi connectivity index (χ3n) is 0.227. The molecule has 0 unspecified atom stereocenters. The van der Waals surface area contributed by atoms with Crippen LogP contribution in [0.1, 0.15) is 0 Å². The van der Waals surface area contributed by atoms with E-state index in [9.17, 15) is 0 Å². The minimum atomic E-state index is 0.227. The third kappa shape index (κ3) is 4.35. The highest BCUT2D eigenvalue weighted by Crippen LogP contribution is 1.62. The van der Waals surface area contributed by atoms with Gasteiger partial charge in [-0.1, -0.05) is 0 Å². The molecule has 4 radical (unpaired) electrons. The van der Waals surface area contributed by atoms with Crippen LogP contribution in [0, 0.1) is 0 Å². The molecule has 0 aromatic carbocycles. The smallest absolute Gasteiger partial charge is 0.421 e. The molecule has 0 heterocycles. The first-order chi connectivity index (χ1) is 2.91. The molecule has 0 aromatic heterocycles. The minimum absolute atomic E-state index is 0.227. The Morgan fingerprint density at radius 1 is 1.50 bits per heavy atom. The maximum Gasteiger partial charge on any atom is 0.421 e. The Balaban J connectivity index is 2.34. The highest BCUT2D eigenvalue weighted by molar-refractivity contribution is 6.37. The maximum absolute atomic E-state index is 4.82. The normalized spacial score (nSPS) is 9.00. The number of hydrogen-bond acceptors (Lipinski definition) is 2. The Labute approximate surface area is 42.8 Å². The van der Waals surface area contributed by atoms with Crippen LogP contribution in [0.25, 0.3) is 0 Å². The summed E-state index contributed by atoms with van der Waals surface area (Å²) in [7, 11) is 2.40. The van der Waals surface area contributed by atoms with E-state index in [1.165, 1.54) is 0 Å². The summed E-state index contributed by atoms with van der Waals surface area (Å²) in [4.78, 5) is 0. The molecular weight excluding hydrogens is 112 g/mol. The zero-order valence-electron chi connectivity index (χ0n) is 3.82. The first kappa shape index (κ1) is 6.35. The molecule has 0 aromatic rings. The summed E-state index contributed by atoms with van der Waals surface area (Å²) in [6, 6.07) is 0. The number of hydrogen-bond donors (Lipinski definition) is 0. The van der Waals surface area contributed by atoms with Crippen molar-refractivity contribution in [3.05, 3.63) is 0 Å². The second kappa shape index (κ2) is 5.35. The van der Waals surface area contributed by atoms with Crippen molar-refractivity contribution in [1.82, 2.24) is 0 Å². The van der Waals surface area contributed by atoms with Gasteiger partial charge in [0.15, 0.2) is 0 Å². The zero-order valence-corrected chi connectivity index (χ0v) is 5.82. The van der Waals surface area contributed by atoms with Crippen LogP contribution in [-0.2, 0) is 8.54 Å². The van der Waals surface area contributed by atoms with Gasteiger partial charge in [0.25, 0.3) is 0 Å². The summed E-state index contributed by atoms with van der Waals surface area (Å²) in [6.45, 7) is 1.96. The molecule has 0 saturated carbocycles. The average Bonchev–Trinajstić information content (AvgIpc) is 1.61. The second-order valence-corrected chi connectivity index (χ2v) is 2.39.